The van der Waals surface area contributed by atoms with Crippen LogP contribution in [-0.4, -0.2) is 17.8 Å². The third-order valence-electron chi connectivity index (χ3n) is 3.91. The lowest BCUT2D eigenvalue weighted by Gasteiger charge is -2.08. The first-order chi connectivity index (χ1) is 13.3. The molecule has 0 aliphatic rings. The maximum absolute atomic E-state index is 6.29. The second-order valence-electron chi connectivity index (χ2n) is 6.02. The van der Waals surface area contributed by atoms with Crippen LogP contribution in [0.4, 0.5) is 5.13 Å². The Morgan fingerprint density at radius 2 is 2.04 bits per heavy atom. The van der Waals surface area contributed by atoms with Crippen LogP contribution in [0.2, 0.25) is 5.02 Å². The number of aromatic nitrogens is 1. The zero-order chi connectivity index (χ0) is 18.9. The van der Waals surface area contributed by atoms with E-state index in [4.69, 9.17) is 16.3 Å². The monoisotopic (exact) mass is 399 g/mol. The van der Waals surface area contributed by atoms with Crippen LogP contribution in [-0.2, 0) is 0 Å². The molecule has 1 N–H and O–H groups in total. The molecule has 1 aromatic heterocycles. The van der Waals surface area contributed by atoms with Crippen LogP contribution in [0.1, 0.15) is 31.7 Å². The van der Waals surface area contributed by atoms with Gasteiger partial charge in [0.25, 0.3) is 0 Å². The summed E-state index contributed by atoms with van der Waals surface area (Å²) >= 11 is 7.81. The minimum Gasteiger partial charge on any atom is -0.492 e. The fourth-order valence-electron chi connectivity index (χ4n) is 2.48. The van der Waals surface area contributed by atoms with Crippen LogP contribution in [0, 0.1) is 0 Å². The molecule has 6 heteroatoms. The van der Waals surface area contributed by atoms with E-state index in [1.807, 2.05) is 53.9 Å². The minimum atomic E-state index is 0.594. The van der Waals surface area contributed by atoms with E-state index in [0.717, 1.165) is 34.8 Å². The van der Waals surface area contributed by atoms with Gasteiger partial charge in [-0.05, 0) is 30.2 Å². The Morgan fingerprint density at radius 3 is 2.81 bits per heavy atom. The van der Waals surface area contributed by atoms with Gasteiger partial charge in [0, 0.05) is 10.9 Å². The Morgan fingerprint density at radius 1 is 1.19 bits per heavy atom. The number of anilines is 1. The smallest absolute Gasteiger partial charge is 0.203 e. The van der Waals surface area contributed by atoms with Gasteiger partial charge in [0.1, 0.15) is 5.75 Å². The minimum absolute atomic E-state index is 0.594. The Balaban J connectivity index is 1.55. The highest BCUT2D eigenvalue weighted by atomic mass is 35.5. The Hall–Kier alpha value is -2.37. The van der Waals surface area contributed by atoms with Crippen molar-refractivity contribution in [1.29, 1.82) is 0 Å². The van der Waals surface area contributed by atoms with E-state index in [-0.39, 0.29) is 0 Å². The van der Waals surface area contributed by atoms with Crippen LogP contribution in [0.25, 0.3) is 11.3 Å². The largest absolute Gasteiger partial charge is 0.492 e. The number of rotatable bonds is 9. The summed E-state index contributed by atoms with van der Waals surface area (Å²) in [4.78, 5) is 4.54. The van der Waals surface area contributed by atoms with Gasteiger partial charge in [-0.15, -0.1) is 11.3 Å². The van der Waals surface area contributed by atoms with E-state index in [1.54, 1.807) is 6.21 Å². The molecule has 0 spiro atoms. The molecule has 0 bridgehead atoms. The third kappa shape index (κ3) is 5.81. The normalized spacial score (nSPS) is 11.0. The second kappa shape index (κ2) is 10.1. The van der Waals surface area contributed by atoms with E-state index in [2.05, 4.69) is 22.4 Å². The van der Waals surface area contributed by atoms with Gasteiger partial charge >= 0.3 is 0 Å². The number of benzene rings is 2. The van der Waals surface area contributed by atoms with Crippen molar-refractivity contribution in [2.45, 2.75) is 26.2 Å². The number of hydrogen-bond acceptors (Lipinski definition) is 5. The fraction of sp³-hybridized carbons (Fsp3) is 0.238. The van der Waals surface area contributed by atoms with Gasteiger partial charge in [0.2, 0.25) is 5.13 Å². The van der Waals surface area contributed by atoms with E-state index in [9.17, 15) is 0 Å². The van der Waals surface area contributed by atoms with E-state index in [1.165, 1.54) is 17.8 Å². The van der Waals surface area contributed by atoms with E-state index in [0.29, 0.717) is 17.4 Å². The van der Waals surface area contributed by atoms with Gasteiger partial charge in [-0.25, -0.2) is 4.98 Å². The zero-order valence-electron chi connectivity index (χ0n) is 15.2. The quantitative estimate of drug-likeness (QED) is 0.254. The summed E-state index contributed by atoms with van der Waals surface area (Å²) in [6.45, 7) is 2.86. The van der Waals surface area contributed by atoms with Crippen molar-refractivity contribution in [1.82, 2.24) is 4.98 Å². The molecule has 3 rings (SSSR count). The number of ether oxygens (including phenoxy) is 1. The van der Waals surface area contributed by atoms with Crippen molar-refractivity contribution in [3.8, 4) is 17.0 Å². The number of thiazole rings is 1. The summed E-state index contributed by atoms with van der Waals surface area (Å²) in [6, 6.07) is 15.7. The van der Waals surface area contributed by atoms with E-state index < -0.39 is 0 Å². The average molecular weight is 400 g/mol. The Bertz CT molecular complexity index is 880. The highest BCUT2D eigenvalue weighted by molar-refractivity contribution is 7.14. The summed E-state index contributed by atoms with van der Waals surface area (Å²) in [6.07, 6.45) is 5.09. The molecule has 4 nitrogen and oxygen atoms in total. The number of hydrazone groups is 1. The predicted octanol–water partition coefficient (Wildman–Crippen LogP) is 6.48. The second-order valence-corrected chi connectivity index (χ2v) is 7.28. The number of unbranched alkanes of at least 4 members (excludes halogenated alkanes) is 2. The molecule has 0 atom stereocenters. The molecule has 1 heterocycles. The van der Waals surface area contributed by atoms with Crippen molar-refractivity contribution >= 4 is 34.3 Å². The number of nitrogens with one attached hydrogen (secondary N) is 1. The maximum atomic E-state index is 6.29. The fourth-order valence-corrected chi connectivity index (χ4v) is 3.39. The molecule has 3 aromatic rings. The molecule has 0 amide bonds. The van der Waals surface area contributed by atoms with Crippen LogP contribution in [0.3, 0.4) is 0 Å². The van der Waals surface area contributed by atoms with Gasteiger partial charge in [-0.1, -0.05) is 61.7 Å². The van der Waals surface area contributed by atoms with Gasteiger partial charge in [-0.2, -0.15) is 5.10 Å². The summed E-state index contributed by atoms with van der Waals surface area (Å²) in [5, 5.41) is 7.59. The lowest BCUT2D eigenvalue weighted by atomic mass is 10.2. The summed E-state index contributed by atoms with van der Waals surface area (Å²) in [5.41, 5.74) is 5.89. The van der Waals surface area contributed by atoms with Crippen molar-refractivity contribution in [2.75, 3.05) is 12.0 Å². The summed E-state index contributed by atoms with van der Waals surface area (Å²) in [5.74, 6) is 0.713. The molecule has 0 saturated carbocycles. The van der Waals surface area contributed by atoms with Crippen molar-refractivity contribution < 1.29 is 4.74 Å². The van der Waals surface area contributed by atoms with E-state index >= 15 is 0 Å². The molecular formula is C21H22ClN3OS. The van der Waals surface area contributed by atoms with Gasteiger partial charge in [0.05, 0.1) is 23.5 Å². The molecule has 0 aliphatic carbocycles. The molecule has 27 heavy (non-hydrogen) atoms. The molecular weight excluding hydrogens is 378 g/mol. The average Bonchev–Trinajstić information content (AvgIpc) is 3.16. The Kier molecular flexibility index (Phi) is 7.25. The highest BCUT2D eigenvalue weighted by Gasteiger charge is 2.04. The standard InChI is InChI=1S/C21H22ClN3OS/c1-2-3-7-12-26-20-11-10-16(13-18(20)22)14-23-25-21-24-19(15-27-21)17-8-5-4-6-9-17/h4-6,8-11,13-15H,2-3,7,12H2,1H3,(H,24,25). The Labute approximate surface area is 168 Å². The van der Waals surface area contributed by atoms with Crippen LogP contribution in [0.5, 0.6) is 5.75 Å². The van der Waals surface area contributed by atoms with Crippen molar-refractivity contribution in [3.05, 3.63) is 64.5 Å². The number of halogens is 1. The summed E-state index contributed by atoms with van der Waals surface area (Å²) < 4.78 is 5.71. The highest BCUT2D eigenvalue weighted by Crippen LogP contribution is 2.26. The molecule has 0 saturated heterocycles. The molecule has 0 aliphatic heterocycles. The van der Waals surface area contributed by atoms with Crippen LogP contribution >= 0.6 is 22.9 Å². The molecule has 140 valence electrons. The van der Waals surface area contributed by atoms with Gasteiger partial charge in [0.15, 0.2) is 0 Å². The van der Waals surface area contributed by atoms with Crippen LogP contribution < -0.4 is 10.2 Å². The maximum Gasteiger partial charge on any atom is 0.203 e. The van der Waals surface area contributed by atoms with Crippen LogP contribution in [0.15, 0.2) is 59.0 Å². The molecule has 0 fully saturated rings. The third-order valence-corrected chi connectivity index (χ3v) is 4.95. The lowest BCUT2D eigenvalue weighted by molar-refractivity contribution is 0.306. The molecule has 0 unspecified atom stereocenters. The van der Waals surface area contributed by atoms with Crippen molar-refractivity contribution in [2.24, 2.45) is 5.10 Å². The molecule has 2 aromatic carbocycles. The van der Waals surface area contributed by atoms with Gasteiger partial charge < -0.3 is 4.74 Å². The summed E-state index contributed by atoms with van der Waals surface area (Å²) in [7, 11) is 0. The number of nitrogens with zero attached hydrogens (tertiary/aromatic N) is 2. The first-order valence-electron chi connectivity index (χ1n) is 8.98. The topological polar surface area (TPSA) is 46.5 Å². The predicted molar refractivity (Wildman–Crippen MR) is 115 cm³/mol. The first kappa shape index (κ1) is 19.4. The first-order valence-corrected chi connectivity index (χ1v) is 10.2. The SMILES string of the molecule is CCCCCOc1ccc(C=NNc2nc(-c3ccccc3)cs2)cc1Cl. The lowest BCUT2D eigenvalue weighted by Crippen LogP contribution is -1.98. The van der Waals surface area contributed by atoms with Gasteiger partial charge in [-0.3, -0.25) is 5.43 Å². The molecule has 0 radical (unpaired) electrons. The number of hydrogen-bond donors (Lipinski definition) is 1. The van der Waals surface area contributed by atoms with Crippen molar-refractivity contribution in [3.63, 3.8) is 0 Å². The zero-order valence-corrected chi connectivity index (χ0v) is 16.8.